The normalized spacial score (nSPS) is 15.9. The summed E-state index contributed by atoms with van der Waals surface area (Å²) in [5.41, 5.74) is 1.71. The van der Waals surface area contributed by atoms with E-state index in [4.69, 9.17) is 0 Å². The molecule has 0 saturated heterocycles. The highest BCUT2D eigenvalue weighted by molar-refractivity contribution is 7.89. The predicted molar refractivity (Wildman–Crippen MR) is 87.8 cm³/mol. The summed E-state index contributed by atoms with van der Waals surface area (Å²) in [4.78, 5) is 2.58. The minimum atomic E-state index is -3.60. The van der Waals surface area contributed by atoms with E-state index < -0.39 is 10.0 Å². The summed E-state index contributed by atoms with van der Waals surface area (Å²) in [6.45, 7) is 12.2. The van der Waals surface area contributed by atoms with Crippen molar-refractivity contribution >= 4 is 15.7 Å². The van der Waals surface area contributed by atoms with Gasteiger partial charge in [0.25, 0.3) is 10.0 Å². The highest BCUT2D eigenvalue weighted by Gasteiger charge is 2.30. The number of sulfonamides is 1. The average Bonchev–Trinajstić information content (AvgIpc) is 2.44. The Balaban J connectivity index is 3.00. The molecule has 1 atom stereocenters. The predicted octanol–water partition coefficient (Wildman–Crippen LogP) is 3.72. The van der Waals surface area contributed by atoms with Crippen molar-refractivity contribution in [1.82, 2.24) is 4.83 Å². The van der Waals surface area contributed by atoms with Gasteiger partial charge in [0.05, 0.1) is 4.90 Å². The van der Waals surface area contributed by atoms with Crippen molar-refractivity contribution in [3.8, 4) is 0 Å². The summed E-state index contributed by atoms with van der Waals surface area (Å²) < 4.78 is 24.4. The summed E-state index contributed by atoms with van der Waals surface area (Å²) in [7, 11) is -3.60. The van der Waals surface area contributed by atoms with E-state index >= 15 is 0 Å². The Morgan fingerprint density at radius 2 is 1.81 bits per heavy atom. The molecule has 0 heterocycles. The SMILES string of the molecule is CCC(C)(/C(C)=N\NS(=O)(=O)c1ccc(C)cc1)C(C)C. The first-order valence-electron chi connectivity index (χ1n) is 7.26. The smallest absolute Gasteiger partial charge is 0.200 e. The zero-order valence-corrected chi connectivity index (χ0v) is 14.6. The molecule has 0 aliphatic rings. The first kappa shape index (κ1) is 17.7. The van der Waals surface area contributed by atoms with Crippen molar-refractivity contribution in [3.63, 3.8) is 0 Å². The van der Waals surface area contributed by atoms with Crippen LogP contribution in [0.5, 0.6) is 0 Å². The van der Waals surface area contributed by atoms with Gasteiger partial charge in [-0.3, -0.25) is 0 Å². The molecule has 1 unspecified atom stereocenters. The maximum absolute atomic E-state index is 12.2. The first-order chi connectivity index (χ1) is 9.63. The van der Waals surface area contributed by atoms with Crippen LogP contribution in [0.15, 0.2) is 34.3 Å². The maximum Gasteiger partial charge on any atom is 0.276 e. The van der Waals surface area contributed by atoms with Gasteiger partial charge in [0.2, 0.25) is 0 Å². The minimum absolute atomic E-state index is 0.115. The number of hydrogen-bond donors (Lipinski definition) is 1. The molecule has 0 spiro atoms. The van der Waals surface area contributed by atoms with Crippen molar-refractivity contribution in [2.45, 2.75) is 52.9 Å². The van der Waals surface area contributed by atoms with E-state index in [9.17, 15) is 8.42 Å². The second-order valence-corrected chi connectivity index (χ2v) is 7.69. The van der Waals surface area contributed by atoms with E-state index in [1.807, 2.05) is 13.8 Å². The molecule has 21 heavy (non-hydrogen) atoms. The molecule has 0 amide bonds. The molecule has 4 nitrogen and oxygen atoms in total. The van der Waals surface area contributed by atoms with Gasteiger partial charge in [-0.05, 0) is 38.3 Å². The zero-order valence-electron chi connectivity index (χ0n) is 13.8. The summed E-state index contributed by atoms with van der Waals surface area (Å²) in [5, 5.41) is 4.14. The zero-order chi connectivity index (χ0) is 16.3. The third-order valence-electron chi connectivity index (χ3n) is 4.50. The van der Waals surface area contributed by atoms with Gasteiger partial charge in [-0.2, -0.15) is 13.5 Å². The number of benzene rings is 1. The molecule has 1 N–H and O–H groups in total. The summed E-state index contributed by atoms with van der Waals surface area (Å²) in [6, 6.07) is 6.72. The van der Waals surface area contributed by atoms with Crippen molar-refractivity contribution in [2.75, 3.05) is 0 Å². The lowest BCUT2D eigenvalue weighted by molar-refractivity contribution is 0.315. The van der Waals surface area contributed by atoms with Crippen molar-refractivity contribution in [2.24, 2.45) is 16.4 Å². The van der Waals surface area contributed by atoms with E-state index in [2.05, 4.69) is 37.6 Å². The van der Waals surface area contributed by atoms with Gasteiger partial charge >= 0.3 is 0 Å². The molecule has 0 aromatic heterocycles. The summed E-state index contributed by atoms with van der Waals surface area (Å²) in [5.74, 6) is 0.384. The van der Waals surface area contributed by atoms with Gasteiger partial charge in [-0.1, -0.05) is 45.4 Å². The highest BCUT2D eigenvalue weighted by atomic mass is 32.2. The van der Waals surface area contributed by atoms with E-state index in [-0.39, 0.29) is 10.3 Å². The van der Waals surface area contributed by atoms with Gasteiger partial charge in [-0.15, -0.1) is 0 Å². The van der Waals surface area contributed by atoms with Crippen LogP contribution in [0, 0.1) is 18.3 Å². The van der Waals surface area contributed by atoms with Crippen LogP contribution in [-0.2, 0) is 10.0 Å². The fourth-order valence-corrected chi connectivity index (χ4v) is 2.97. The van der Waals surface area contributed by atoms with E-state index in [0.717, 1.165) is 17.7 Å². The van der Waals surface area contributed by atoms with Crippen LogP contribution in [0.3, 0.4) is 0 Å². The molecule has 0 aliphatic carbocycles. The quantitative estimate of drug-likeness (QED) is 0.643. The van der Waals surface area contributed by atoms with Crippen LogP contribution < -0.4 is 4.83 Å². The van der Waals surface area contributed by atoms with Crippen LogP contribution in [-0.4, -0.2) is 14.1 Å². The fourth-order valence-electron chi connectivity index (χ4n) is 2.11. The molecule has 0 aliphatic heterocycles. The third-order valence-corrected chi connectivity index (χ3v) is 5.72. The Bertz CT molecular complexity index is 604. The van der Waals surface area contributed by atoms with E-state index in [0.29, 0.717) is 5.92 Å². The highest BCUT2D eigenvalue weighted by Crippen LogP contribution is 2.32. The Labute approximate surface area is 128 Å². The number of nitrogens with one attached hydrogen (secondary N) is 1. The monoisotopic (exact) mass is 310 g/mol. The lowest BCUT2D eigenvalue weighted by Gasteiger charge is -2.32. The molecule has 0 saturated carbocycles. The van der Waals surface area contributed by atoms with Crippen LogP contribution in [0.1, 0.15) is 46.6 Å². The Morgan fingerprint density at radius 1 is 1.29 bits per heavy atom. The largest absolute Gasteiger partial charge is 0.276 e. The summed E-state index contributed by atoms with van der Waals surface area (Å²) >= 11 is 0. The molecule has 118 valence electrons. The van der Waals surface area contributed by atoms with Crippen LogP contribution in [0.4, 0.5) is 0 Å². The lowest BCUT2D eigenvalue weighted by atomic mass is 9.73. The van der Waals surface area contributed by atoms with E-state index in [1.54, 1.807) is 24.3 Å². The first-order valence-corrected chi connectivity index (χ1v) is 8.75. The molecular weight excluding hydrogens is 284 g/mol. The number of hydrazone groups is 1. The Morgan fingerprint density at radius 3 is 2.24 bits per heavy atom. The lowest BCUT2D eigenvalue weighted by Crippen LogP contribution is -2.33. The van der Waals surface area contributed by atoms with Gasteiger partial charge in [0.1, 0.15) is 0 Å². The van der Waals surface area contributed by atoms with Crippen LogP contribution in [0.25, 0.3) is 0 Å². The number of nitrogens with zero attached hydrogens (tertiary/aromatic N) is 1. The Hall–Kier alpha value is -1.36. The molecule has 1 aromatic carbocycles. The topological polar surface area (TPSA) is 58.5 Å². The minimum Gasteiger partial charge on any atom is -0.200 e. The molecule has 0 fully saturated rings. The molecule has 0 bridgehead atoms. The van der Waals surface area contributed by atoms with Crippen molar-refractivity contribution in [1.29, 1.82) is 0 Å². The van der Waals surface area contributed by atoms with Crippen molar-refractivity contribution in [3.05, 3.63) is 29.8 Å². The molecule has 0 radical (unpaired) electrons. The average molecular weight is 310 g/mol. The maximum atomic E-state index is 12.2. The number of hydrogen-bond acceptors (Lipinski definition) is 3. The van der Waals surface area contributed by atoms with Gasteiger partial charge in [-0.25, -0.2) is 4.83 Å². The fraction of sp³-hybridized carbons (Fsp3) is 0.562. The standard InChI is InChI=1S/C16H26N2O2S/c1-7-16(6,12(2)3)14(5)17-18-21(19,20)15-10-8-13(4)9-11-15/h8-12,18H,7H2,1-6H3/b17-14-. The van der Waals surface area contributed by atoms with Crippen molar-refractivity contribution < 1.29 is 8.42 Å². The second kappa shape index (κ2) is 6.60. The molecular formula is C16H26N2O2S. The molecule has 1 aromatic rings. The van der Waals surface area contributed by atoms with Gasteiger partial charge < -0.3 is 0 Å². The molecule has 1 rings (SSSR count). The van der Waals surface area contributed by atoms with E-state index in [1.165, 1.54) is 0 Å². The number of aryl methyl sites for hydroxylation is 1. The second-order valence-electron chi connectivity index (χ2n) is 6.03. The van der Waals surface area contributed by atoms with Crippen LogP contribution >= 0.6 is 0 Å². The Kier molecular flexibility index (Phi) is 5.56. The van der Waals surface area contributed by atoms with Gasteiger partial charge in [0.15, 0.2) is 0 Å². The third kappa shape index (κ3) is 4.06. The molecule has 5 heteroatoms. The summed E-state index contributed by atoms with van der Waals surface area (Å²) in [6.07, 6.45) is 0.909. The van der Waals surface area contributed by atoms with Gasteiger partial charge in [0, 0.05) is 11.1 Å². The number of rotatable bonds is 6. The van der Waals surface area contributed by atoms with Crippen LogP contribution in [0.2, 0.25) is 0 Å².